The first-order chi connectivity index (χ1) is 8.88. The molecule has 106 valence electrons. The molecule has 4 heteroatoms. The summed E-state index contributed by atoms with van der Waals surface area (Å²) < 4.78 is 5.64. The molecule has 0 radical (unpaired) electrons. The van der Waals surface area contributed by atoms with Gasteiger partial charge in [0.2, 0.25) is 0 Å². The number of aliphatic hydroxyl groups is 1. The fraction of sp³-hybridized carbons (Fsp3) is 0.667. The van der Waals surface area contributed by atoms with Gasteiger partial charge in [-0.1, -0.05) is 13.8 Å². The van der Waals surface area contributed by atoms with Crippen molar-refractivity contribution in [1.29, 1.82) is 0 Å². The van der Waals surface area contributed by atoms with Gasteiger partial charge in [0, 0.05) is 18.8 Å². The Kier molecular flexibility index (Phi) is 4.11. The number of anilines is 1. The molecule has 1 saturated heterocycles. The molecule has 4 nitrogen and oxygen atoms in total. The van der Waals surface area contributed by atoms with Crippen molar-refractivity contribution in [2.45, 2.75) is 45.3 Å². The average molecular weight is 264 g/mol. The zero-order valence-electron chi connectivity index (χ0n) is 12.3. The van der Waals surface area contributed by atoms with E-state index in [1.807, 2.05) is 6.20 Å². The summed E-state index contributed by atoms with van der Waals surface area (Å²) in [6.07, 6.45) is 1.76. The largest absolute Gasteiger partial charge is 0.388 e. The van der Waals surface area contributed by atoms with E-state index in [1.54, 1.807) is 13.8 Å². The standard InChI is InChI=1S/C15H24N2O2/c1-11(2)13-6-5-12(9-16-13)17-7-8-19-14(10-17)15(3,4)18/h5-6,9,11,14,18H,7-8,10H2,1-4H3/t14-/m1/s1. The molecular weight excluding hydrogens is 240 g/mol. The predicted octanol–water partition coefficient (Wildman–Crippen LogP) is 2.18. The molecule has 1 N–H and O–H groups in total. The lowest BCUT2D eigenvalue weighted by molar-refractivity contribution is -0.0928. The molecule has 0 aromatic carbocycles. The molecule has 2 rings (SSSR count). The number of morpholine rings is 1. The lowest BCUT2D eigenvalue weighted by Gasteiger charge is -2.39. The van der Waals surface area contributed by atoms with Crippen LogP contribution in [-0.4, -0.2) is 41.5 Å². The maximum absolute atomic E-state index is 10.1. The molecule has 19 heavy (non-hydrogen) atoms. The van der Waals surface area contributed by atoms with E-state index in [4.69, 9.17) is 4.74 Å². The first-order valence-electron chi connectivity index (χ1n) is 6.93. The second-order valence-corrected chi connectivity index (χ2v) is 6.06. The monoisotopic (exact) mass is 264 g/mol. The average Bonchev–Trinajstić information content (AvgIpc) is 2.38. The highest BCUT2D eigenvalue weighted by molar-refractivity contribution is 5.45. The minimum atomic E-state index is -0.816. The molecule has 0 unspecified atom stereocenters. The third kappa shape index (κ3) is 3.45. The van der Waals surface area contributed by atoms with Gasteiger partial charge >= 0.3 is 0 Å². The minimum absolute atomic E-state index is 0.161. The Balaban J connectivity index is 2.09. The van der Waals surface area contributed by atoms with Crippen LogP contribution < -0.4 is 4.90 Å². The Bertz CT molecular complexity index is 409. The van der Waals surface area contributed by atoms with E-state index in [2.05, 4.69) is 35.9 Å². The molecule has 1 fully saturated rings. The van der Waals surface area contributed by atoms with E-state index < -0.39 is 5.60 Å². The number of hydrogen-bond donors (Lipinski definition) is 1. The molecule has 1 atom stereocenters. The first kappa shape index (κ1) is 14.3. The van der Waals surface area contributed by atoms with E-state index in [0.29, 0.717) is 19.1 Å². The van der Waals surface area contributed by atoms with Gasteiger partial charge in [0.05, 0.1) is 24.1 Å². The van der Waals surface area contributed by atoms with Crippen molar-refractivity contribution < 1.29 is 9.84 Å². The first-order valence-corrected chi connectivity index (χ1v) is 6.93. The summed E-state index contributed by atoms with van der Waals surface area (Å²) in [5, 5.41) is 10.1. The lowest BCUT2D eigenvalue weighted by atomic mass is 10.00. The highest BCUT2D eigenvalue weighted by atomic mass is 16.5. The molecule has 0 aliphatic carbocycles. The Morgan fingerprint density at radius 3 is 2.68 bits per heavy atom. The summed E-state index contributed by atoms with van der Waals surface area (Å²) in [6, 6.07) is 4.18. The molecule has 0 saturated carbocycles. The van der Waals surface area contributed by atoms with Crippen LogP contribution in [0, 0.1) is 0 Å². The fourth-order valence-electron chi connectivity index (χ4n) is 2.24. The highest BCUT2D eigenvalue weighted by Crippen LogP contribution is 2.23. The van der Waals surface area contributed by atoms with E-state index in [9.17, 15) is 5.11 Å². The van der Waals surface area contributed by atoms with Gasteiger partial charge in [0.15, 0.2) is 0 Å². The van der Waals surface area contributed by atoms with Gasteiger partial charge in [-0.25, -0.2) is 0 Å². The quantitative estimate of drug-likeness (QED) is 0.909. The predicted molar refractivity (Wildman–Crippen MR) is 76.6 cm³/mol. The Hall–Kier alpha value is -1.13. The van der Waals surface area contributed by atoms with Crippen LogP contribution in [0.5, 0.6) is 0 Å². The summed E-state index contributed by atoms with van der Waals surface area (Å²) >= 11 is 0. The van der Waals surface area contributed by atoms with Crippen LogP contribution in [-0.2, 0) is 4.74 Å². The maximum Gasteiger partial charge on any atom is 0.103 e. The molecule has 1 aromatic rings. The Labute approximate surface area is 115 Å². The molecular formula is C15H24N2O2. The second kappa shape index (κ2) is 5.47. The van der Waals surface area contributed by atoms with Crippen LogP contribution >= 0.6 is 0 Å². The molecule has 1 aliphatic rings. The number of nitrogens with zero attached hydrogens (tertiary/aromatic N) is 2. The van der Waals surface area contributed by atoms with Gasteiger partial charge in [0.1, 0.15) is 6.10 Å². The molecule has 1 aromatic heterocycles. The highest BCUT2D eigenvalue weighted by Gasteiger charge is 2.32. The van der Waals surface area contributed by atoms with Crippen molar-refractivity contribution in [3.63, 3.8) is 0 Å². The lowest BCUT2D eigenvalue weighted by Crippen LogP contribution is -2.52. The number of pyridine rings is 1. The molecule has 0 spiro atoms. The zero-order valence-corrected chi connectivity index (χ0v) is 12.3. The van der Waals surface area contributed by atoms with Gasteiger partial charge in [0.25, 0.3) is 0 Å². The van der Waals surface area contributed by atoms with Gasteiger partial charge in [-0.3, -0.25) is 4.98 Å². The van der Waals surface area contributed by atoms with Crippen LogP contribution in [0.2, 0.25) is 0 Å². The summed E-state index contributed by atoms with van der Waals surface area (Å²) in [5.41, 5.74) is 1.39. The minimum Gasteiger partial charge on any atom is -0.388 e. The number of hydrogen-bond acceptors (Lipinski definition) is 4. The van der Waals surface area contributed by atoms with Crippen molar-refractivity contribution in [3.05, 3.63) is 24.0 Å². The third-order valence-electron chi connectivity index (χ3n) is 3.58. The molecule has 0 bridgehead atoms. The number of rotatable bonds is 3. The van der Waals surface area contributed by atoms with Crippen molar-refractivity contribution in [2.75, 3.05) is 24.6 Å². The van der Waals surface area contributed by atoms with Crippen molar-refractivity contribution in [2.24, 2.45) is 0 Å². The van der Waals surface area contributed by atoms with Crippen molar-refractivity contribution >= 4 is 5.69 Å². The zero-order chi connectivity index (χ0) is 14.0. The number of ether oxygens (including phenoxy) is 1. The van der Waals surface area contributed by atoms with E-state index in [0.717, 1.165) is 17.9 Å². The van der Waals surface area contributed by atoms with Gasteiger partial charge in [-0.05, 0) is 31.9 Å². The van der Waals surface area contributed by atoms with Gasteiger partial charge < -0.3 is 14.7 Å². The summed E-state index contributed by atoms with van der Waals surface area (Å²) in [5.74, 6) is 0.447. The smallest absolute Gasteiger partial charge is 0.103 e. The number of aromatic nitrogens is 1. The van der Waals surface area contributed by atoms with Crippen LogP contribution in [0.3, 0.4) is 0 Å². The Morgan fingerprint density at radius 2 is 2.16 bits per heavy atom. The summed E-state index contributed by atoms with van der Waals surface area (Å²) in [6.45, 7) is 10.0. The molecule has 0 amide bonds. The molecule has 1 aliphatic heterocycles. The molecule has 2 heterocycles. The Morgan fingerprint density at radius 1 is 1.42 bits per heavy atom. The van der Waals surface area contributed by atoms with Gasteiger partial charge in [-0.2, -0.15) is 0 Å². The second-order valence-electron chi connectivity index (χ2n) is 6.06. The summed E-state index contributed by atoms with van der Waals surface area (Å²) in [4.78, 5) is 6.72. The van der Waals surface area contributed by atoms with Crippen LogP contribution in [0.15, 0.2) is 18.3 Å². The summed E-state index contributed by atoms with van der Waals surface area (Å²) in [7, 11) is 0. The van der Waals surface area contributed by atoms with Crippen molar-refractivity contribution in [1.82, 2.24) is 4.98 Å². The van der Waals surface area contributed by atoms with E-state index >= 15 is 0 Å². The maximum atomic E-state index is 10.1. The SMILES string of the molecule is CC(C)c1ccc(N2CCO[C@@H](C(C)(C)O)C2)cn1. The third-order valence-corrected chi connectivity index (χ3v) is 3.58. The fourth-order valence-corrected chi connectivity index (χ4v) is 2.24. The topological polar surface area (TPSA) is 45.6 Å². The van der Waals surface area contributed by atoms with Gasteiger partial charge in [-0.15, -0.1) is 0 Å². The van der Waals surface area contributed by atoms with E-state index in [-0.39, 0.29) is 6.10 Å². The normalized spacial score (nSPS) is 20.9. The van der Waals surface area contributed by atoms with Crippen LogP contribution in [0.4, 0.5) is 5.69 Å². The van der Waals surface area contributed by atoms with Crippen molar-refractivity contribution in [3.8, 4) is 0 Å². The van der Waals surface area contributed by atoms with Crippen LogP contribution in [0.25, 0.3) is 0 Å². The van der Waals surface area contributed by atoms with E-state index in [1.165, 1.54) is 0 Å². The van der Waals surface area contributed by atoms with Crippen LogP contribution in [0.1, 0.15) is 39.3 Å².